The first-order valence-electron chi connectivity index (χ1n) is 6.54. The maximum absolute atomic E-state index is 10.9. The van der Waals surface area contributed by atoms with Crippen LogP contribution in [0.1, 0.15) is 40.0 Å². The van der Waals surface area contributed by atoms with E-state index in [9.17, 15) is 4.79 Å². The average Bonchev–Trinajstić information content (AvgIpc) is 2.92. The number of carbonyl (C=O) groups is 1. The van der Waals surface area contributed by atoms with Gasteiger partial charge in [-0.1, -0.05) is 13.8 Å². The molecule has 1 heterocycles. The number of esters is 1. The van der Waals surface area contributed by atoms with Crippen molar-refractivity contribution in [2.75, 3.05) is 6.61 Å². The summed E-state index contributed by atoms with van der Waals surface area (Å²) in [7, 11) is 0. The number of ether oxygens (including phenoxy) is 2. The Labute approximate surface area is 97.5 Å². The van der Waals surface area contributed by atoms with Crippen molar-refractivity contribution >= 4 is 5.97 Å². The molecule has 0 aromatic carbocycles. The van der Waals surface area contributed by atoms with E-state index in [0.29, 0.717) is 11.8 Å². The second kappa shape index (κ2) is 4.74. The van der Waals surface area contributed by atoms with Gasteiger partial charge in [0, 0.05) is 12.8 Å². The third-order valence-electron chi connectivity index (χ3n) is 4.21. The molecule has 0 aromatic heterocycles. The molecule has 2 bridgehead atoms. The maximum atomic E-state index is 10.9. The van der Waals surface area contributed by atoms with E-state index in [1.807, 2.05) is 13.8 Å². The Balaban J connectivity index is 0.000000457. The van der Waals surface area contributed by atoms with Gasteiger partial charge in [-0.05, 0) is 37.0 Å². The van der Waals surface area contributed by atoms with E-state index in [-0.39, 0.29) is 12.3 Å². The Bertz CT molecular complexity index is 264. The lowest BCUT2D eigenvalue weighted by atomic mass is 9.81. The first-order chi connectivity index (χ1) is 7.75. The molecular weight excluding hydrogens is 204 g/mol. The van der Waals surface area contributed by atoms with Gasteiger partial charge in [0.15, 0.2) is 0 Å². The average molecular weight is 226 g/mol. The molecule has 92 valence electrons. The van der Waals surface area contributed by atoms with Crippen molar-refractivity contribution in [3.8, 4) is 0 Å². The normalized spacial score (nSPS) is 43.6. The molecule has 2 aliphatic carbocycles. The smallest absolute Gasteiger partial charge is 0.304 e. The van der Waals surface area contributed by atoms with Crippen molar-refractivity contribution in [3.05, 3.63) is 0 Å². The van der Waals surface area contributed by atoms with Crippen molar-refractivity contribution in [1.82, 2.24) is 0 Å². The highest BCUT2D eigenvalue weighted by molar-refractivity contribution is 5.66. The molecule has 3 aliphatic rings. The van der Waals surface area contributed by atoms with Crippen LogP contribution in [0, 0.1) is 23.7 Å². The third-order valence-corrected chi connectivity index (χ3v) is 4.21. The minimum atomic E-state index is -0.229. The van der Waals surface area contributed by atoms with Crippen LogP contribution in [0.5, 0.6) is 0 Å². The maximum Gasteiger partial charge on any atom is 0.304 e. The lowest BCUT2D eigenvalue weighted by molar-refractivity contribution is -0.175. The van der Waals surface area contributed by atoms with Gasteiger partial charge in [0.1, 0.15) is 0 Å². The molecule has 3 fully saturated rings. The lowest BCUT2D eigenvalue weighted by Gasteiger charge is -2.25. The molecule has 0 N–H and O–H groups in total. The number of fused-ring (bicyclic) bond motifs is 5. The minimum absolute atomic E-state index is 0.210. The molecule has 3 nitrogen and oxygen atoms in total. The zero-order chi connectivity index (χ0) is 11.7. The van der Waals surface area contributed by atoms with Gasteiger partial charge in [-0.2, -0.15) is 0 Å². The molecule has 0 radical (unpaired) electrons. The molecule has 3 heteroatoms. The summed E-state index contributed by atoms with van der Waals surface area (Å²) in [5, 5.41) is 0. The fourth-order valence-corrected chi connectivity index (χ4v) is 3.72. The van der Waals surface area contributed by atoms with E-state index < -0.39 is 0 Å². The summed E-state index contributed by atoms with van der Waals surface area (Å²) in [4.78, 5) is 10.9. The highest BCUT2D eigenvalue weighted by Crippen LogP contribution is 2.56. The van der Waals surface area contributed by atoms with Crippen LogP contribution in [0.25, 0.3) is 0 Å². The van der Waals surface area contributed by atoms with Crippen LogP contribution in [0.3, 0.4) is 0 Å². The SMILES string of the molecule is CC.CC(=O)OC1OCC2C3CCC(C3)C12. The molecule has 1 saturated heterocycles. The van der Waals surface area contributed by atoms with Gasteiger partial charge < -0.3 is 9.47 Å². The quantitative estimate of drug-likeness (QED) is 0.645. The van der Waals surface area contributed by atoms with Crippen molar-refractivity contribution < 1.29 is 14.3 Å². The molecule has 2 saturated carbocycles. The van der Waals surface area contributed by atoms with Gasteiger partial charge >= 0.3 is 5.97 Å². The summed E-state index contributed by atoms with van der Waals surface area (Å²) in [6.07, 6.45) is 3.79. The number of hydrogen-bond acceptors (Lipinski definition) is 3. The summed E-state index contributed by atoms with van der Waals surface area (Å²) in [6, 6.07) is 0. The monoisotopic (exact) mass is 226 g/mol. The first kappa shape index (κ1) is 11.9. The first-order valence-corrected chi connectivity index (χ1v) is 6.54. The summed E-state index contributed by atoms with van der Waals surface area (Å²) < 4.78 is 10.8. The minimum Gasteiger partial charge on any atom is -0.436 e. The van der Waals surface area contributed by atoms with Crippen LogP contribution in [0.4, 0.5) is 0 Å². The van der Waals surface area contributed by atoms with Crippen LogP contribution in [0.2, 0.25) is 0 Å². The molecular formula is C13H22O3. The van der Waals surface area contributed by atoms with Crippen LogP contribution in [0.15, 0.2) is 0 Å². The van der Waals surface area contributed by atoms with E-state index in [1.165, 1.54) is 26.2 Å². The topological polar surface area (TPSA) is 35.5 Å². The largest absolute Gasteiger partial charge is 0.436 e. The lowest BCUT2D eigenvalue weighted by Crippen LogP contribution is -2.29. The van der Waals surface area contributed by atoms with E-state index in [4.69, 9.17) is 9.47 Å². The number of rotatable bonds is 1. The Kier molecular flexibility index (Phi) is 3.53. The molecule has 3 rings (SSSR count). The zero-order valence-electron chi connectivity index (χ0n) is 10.4. The van der Waals surface area contributed by atoms with E-state index in [1.54, 1.807) is 0 Å². The Hall–Kier alpha value is -0.570. The van der Waals surface area contributed by atoms with Crippen molar-refractivity contribution in [2.45, 2.75) is 46.3 Å². The summed E-state index contributed by atoms with van der Waals surface area (Å²) in [5.74, 6) is 2.59. The van der Waals surface area contributed by atoms with Crippen molar-refractivity contribution in [2.24, 2.45) is 23.7 Å². The van der Waals surface area contributed by atoms with E-state index in [2.05, 4.69) is 0 Å². The Morgan fingerprint density at radius 1 is 1.25 bits per heavy atom. The summed E-state index contributed by atoms with van der Waals surface area (Å²) in [5.41, 5.74) is 0. The molecule has 5 unspecified atom stereocenters. The molecule has 0 spiro atoms. The van der Waals surface area contributed by atoms with Gasteiger partial charge in [0.05, 0.1) is 6.61 Å². The molecule has 0 amide bonds. The Morgan fingerprint density at radius 3 is 2.62 bits per heavy atom. The van der Waals surface area contributed by atoms with Gasteiger partial charge in [0.2, 0.25) is 6.29 Å². The fourth-order valence-electron chi connectivity index (χ4n) is 3.72. The van der Waals surface area contributed by atoms with Gasteiger partial charge in [-0.3, -0.25) is 4.79 Å². The van der Waals surface area contributed by atoms with Gasteiger partial charge in [-0.15, -0.1) is 0 Å². The highest BCUT2D eigenvalue weighted by Gasteiger charge is 2.55. The predicted octanol–water partition coefficient (Wildman–Crippen LogP) is 2.59. The molecule has 16 heavy (non-hydrogen) atoms. The molecule has 0 aromatic rings. The van der Waals surface area contributed by atoms with Crippen LogP contribution in [-0.4, -0.2) is 18.9 Å². The van der Waals surface area contributed by atoms with Crippen LogP contribution in [-0.2, 0) is 14.3 Å². The Morgan fingerprint density at radius 2 is 1.94 bits per heavy atom. The van der Waals surface area contributed by atoms with E-state index >= 15 is 0 Å². The van der Waals surface area contributed by atoms with Crippen LogP contribution >= 0.6 is 0 Å². The van der Waals surface area contributed by atoms with E-state index in [0.717, 1.165) is 18.4 Å². The zero-order valence-corrected chi connectivity index (χ0v) is 10.4. The molecule has 1 aliphatic heterocycles. The van der Waals surface area contributed by atoms with Crippen molar-refractivity contribution in [3.63, 3.8) is 0 Å². The third kappa shape index (κ3) is 1.86. The van der Waals surface area contributed by atoms with Crippen molar-refractivity contribution in [1.29, 1.82) is 0 Å². The number of carbonyl (C=O) groups excluding carboxylic acids is 1. The summed E-state index contributed by atoms with van der Waals surface area (Å²) >= 11 is 0. The van der Waals surface area contributed by atoms with Gasteiger partial charge in [-0.25, -0.2) is 0 Å². The standard InChI is InChI=1S/C11H16O3.C2H6/c1-6(12)14-11-10-8-3-2-7(4-8)9(10)5-13-11;1-2/h7-11H,2-5H2,1H3;1-2H3. The van der Waals surface area contributed by atoms with Crippen LogP contribution < -0.4 is 0 Å². The van der Waals surface area contributed by atoms with Gasteiger partial charge in [0.25, 0.3) is 0 Å². The highest BCUT2D eigenvalue weighted by atomic mass is 16.7. The second-order valence-corrected chi connectivity index (χ2v) is 4.89. The number of hydrogen-bond donors (Lipinski definition) is 0. The predicted molar refractivity (Wildman–Crippen MR) is 60.7 cm³/mol. The molecule has 5 atom stereocenters. The second-order valence-electron chi connectivity index (χ2n) is 4.89. The fraction of sp³-hybridized carbons (Fsp3) is 0.923. The summed E-state index contributed by atoms with van der Waals surface area (Å²) in [6.45, 7) is 6.27.